The number of benzene rings is 1. The third kappa shape index (κ3) is 5.86. The molecule has 1 aromatic carbocycles. The van der Waals surface area contributed by atoms with Crippen LogP contribution in [0.3, 0.4) is 0 Å². The Balaban J connectivity index is 1.00. The van der Waals surface area contributed by atoms with Crippen molar-refractivity contribution in [3.8, 4) is 23.1 Å². The van der Waals surface area contributed by atoms with Crippen LogP contribution in [0.1, 0.15) is 84.7 Å². The maximum absolute atomic E-state index is 11.8. The Morgan fingerprint density at radius 3 is 2.47 bits per heavy atom. The summed E-state index contributed by atoms with van der Waals surface area (Å²) in [5.74, 6) is 8.14. The van der Waals surface area contributed by atoms with Gasteiger partial charge in [0.1, 0.15) is 17.3 Å². The summed E-state index contributed by atoms with van der Waals surface area (Å²) in [4.78, 5) is 22.6. The maximum Gasteiger partial charge on any atom is 0.354 e. The molecule has 47 heavy (non-hydrogen) atoms. The van der Waals surface area contributed by atoms with Crippen molar-refractivity contribution >= 4 is 45.8 Å². The number of carboxylic acid groups (broad SMARTS) is 1. The number of carboxylic acids is 1. The summed E-state index contributed by atoms with van der Waals surface area (Å²) in [5.41, 5.74) is 2.99. The summed E-state index contributed by atoms with van der Waals surface area (Å²) in [5, 5.41) is 20.1. The minimum absolute atomic E-state index is 0.0352. The summed E-state index contributed by atoms with van der Waals surface area (Å²) in [7, 11) is 0. The molecule has 5 aliphatic rings. The first-order valence-corrected chi connectivity index (χ1v) is 17.2. The van der Waals surface area contributed by atoms with E-state index in [9.17, 15) is 9.90 Å². The van der Waals surface area contributed by atoms with Gasteiger partial charge in [0.05, 0.1) is 22.3 Å². The Kier molecular flexibility index (Phi) is 7.88. The minimum atomic E-state index is -1.02. The van der Waals surface area contributed by atoms with Crippen molar-refractivity contribution in [3.05, 3.63) is 69.3 Å². The Morgan fingerprint density at radius 1 is 1.06 bits per heavy atom. The smallest absolute Gasteiger partial charge is 0.354 e. The van der Waals surface area contributed by atoms with E-state index in [4.69, 9.17) is 32.5 Å². The zero-order valence-electron chi connectivity index (χ0n) is 26.0. The van der Waals surface area contributed by atoms with Crippen LogP contribution < -0.4 is 10.2 Å². The summed E-state index contributed by atoms with van der Waals surface area (Å²) in [6.07, 6.45) is 11.1. The van der Waals surface area contributed by atoms with Crippen molar-refractivity contribution in [1.82, 2.24) is 20.4 Å². The zero-order valence-corrected chi connectivity index (χ0v) is 27.5. The van der Waals surface area contributed by atoms with Crippen LogP contribution in [0.15, 0.2) is 41.2 Å². The van der Waals surface area contributed by atoms with Crippen LogP contribution in [0.5, 0.6) is 0 Å². The van der Waals surface area contributed by atoms with Crippen LogP contribution in [0.4, 0.5) is 5.82 Å². The van der Waals surface area contributed by atoms with Gasteiger partial charge in [-0.25, -0.2) is 9.78 Å². The van der Waals surface area contributed by atoms with E-state index in [0.717, 1.165) is 111 Å². The molecule has 0 unspecified atom stereocenters. The number of anilines is 1. The second-order valence-electron chi connectivity index (χ2n) is 13.4. The quantitative estimate of drug-likeness (QED) is 0.196. The van der Waals surface area contributed by atoms with Crippen molar-refractivity contribution in [2.45, 2.75) is 69.5 Å². The molecule has 4 aliphatic carbocycles. The van der Waals surface area contributed by atoms with E-state index in [1.807, 2.05) is 12.1 Å². The molecular formula is C36H35Cl2N5O4. The van der Waals surface area contributed by atoms with E-state index in [-0.39, 0.29) is 16.7 Å². The third-order valence-corrected chi connectivity index (χ3v) is 11.1. The molecule has 0 amide bonds. The predicted octanol–water partition coefficient (Wildman–Crippen LogP) is 7.24. The molecule has 3 aromatic heterocycles. The van der Waals surface area contributed by atoms with Gasteiger partial charge in [-0.15, -0.1) is 0 Å². The molecule has 5 fully saturated rings. The minimum Gasteiger partial charge on any atom is -0.477 e. The second-order valence-corrected chi connectivity index (χ2v) is 14.3. The van der Waals surface area contributed by atoms with E-state index < -0.39 is 5.97 Å². The first-order valence-electron chi connectivity index (χ1n) is 16.4. The molecule has 2 N–H and O–H groups in total. The number of piperazine rings is 1. The Morgan fingerprint density at radius 2 is 1.79 bits per heavy atom. The number of rotatable bonds is 7. The fourth-order valence-corrected chi connectivity index (χ4v) is 8.03. The topological polar surface area (TPSA) is 114 Å². The van der Waals surface area contributed by atoms with E-state index in [1.165, 1.54) is 0 Å². The number of hydrogen-bond acceptors (Lipinski definition) is 8. The first kappa shape index (κ1) is 30.6. The Bertz CT molecular complexity index is 1890. The number of pyridine rings is 2. The van der Waals surface area contributed by atoms with Crippen LogP contribution in [0.2, 0.25) is 10.0 Å². The van der Waals surface area contributed by atoms with Gasteiger partial charge < -0.3 is 24.6 Å². The number of aromatic carboxylic acids is 1. The summed E-state index contributed by atoms with van der Waals surface area (Å²) >= 11 is 13.0. The SMILES string of the molecule is O=C(O)c1cc2ccc(C#CC34CCC(OCc5c(-c6c(Cl)cncc6Cl)noc5C5CC5)(CC3)CC4)cc2c(N2CCNCC2)n1. The summed E-state index contributed by atoms with van der Waals surface area (Å²) < 4.78 is 12.7. The van der Waals surface area contributed by atoms with Crippen molar-refractivity contribution < 1.29 is 19.2 Å². The average molecular weight is 673 g/mol. The normalized spacial score (nSPS) is 23.9. The van der Waals surface area contributed by atoms with Gasteiger partial charge in [0.15, 0.2) is 5.69 Å². The lowest BCUT2D eigenvalue weighted by Crippen LogP contribution is -2.47. The van der Waals surface area contributed by atoms with Crippen LogP contribution in [0.25, 0.3) is 22.0 Å². The highest BCUT2D eigenvalue weighted by Crippen LogP contribution is 2.54. The van der Waals surface area contributed by atoms with Gasteiger partial charge in [0.2, 0.25) is 0 Å². The highest BCUT2D eigenvalue weighted by Gasteiger charge is 2.49. The molecule has 4 saturated carbocycles. The molecule has 0 spiro atoms. The van der Waals surface area contributed by atoms with Crippen LogP contribution in [-0.4, -0.2) is 58.0 Å². The van der Waals surface area contributed by atoms with E-state index in [2.05, 4.69) is 43.2 Å². The molecular weight excluding hydrogens is 637 g/mol. The summed E-state index contributed by atoms with van der Waals surface area (Å²) in [6.45, 7) is 3.63. The molecule has 11 heteroatoms. The van der Waals surface area contributed by atoms with Crippen molar-refractivity contribution in [3.63, 3.8) is 0 Å². The fraction of sp³-hybridized carbons (Fsp3) is 0.444. The number of ether oxygens (including phenoxy) is 1. The van der Waals surface area contributed by atoms with Gasteiger partial charge >= 0.3 is 5.97 Å². The lowest BCUT2D eigenvalue weighted by atomic mass is 9.59. The highest BCUT2D eigenvalue weighted by molar-refractivity contribution is 6.38. The molecule has 1 saturated heterocycles. The molecule has 4 aromatic rings. The Labute approximate surface area is 283 Å². The van der Waals surface area contributed by atoms with Crippen LogP contribution >= 0.6 is 23.2 Å². The first-order chi connectivity index (χ1) is 22.8. The van der Waals surface area contributed by atoms with Crippen LogP contribution in [-0.2, 0) is 11.3 Å². The predicted molar refractivity (Wildman–Crippen MR) is 180 cm³/mol. The molecule has 1 aliphatic heterocycles. The number of halogens is 2. The number of hydrogen-bond donors (Lipinski definition) is 2. The van der Waals surface area contributed by atoms with Gasteiger partial charge in [-0.1, -0.05) is 46.3 Å². The van der Waals surface area contributed by atoms with Gasteiger partial charge in [0, 0.05) is 72.0 Å². The van der Waals surface area contributed by atoms with E-state index in [1.54, 1.807) is 18.5 Å². The van der Waals surface area contributed by atoms with Crippen LogP contribution in [0, 0.1) is 17.3 Å². The number of fused-ring (bicyclic) bond motifs is 4. The molecule has 0 atom stereocenters. The highest BCUT2D eigenvalue weighted by atomic mass is 35.5. The fourth-order valence-electron chi connectivity index (χ4n) is 7.48. The van der Waals surface area contributed by atoms with Crippen molar-refractivity contribution in [1.29, 1.82) is 0 Å². The molecule has 9 nitrogen and oxygen atoms in total. The summed E-state index contributed by atoms with van der Waals surface area (Å²) in [6, 6.07) is 7.69. The molecule has 9 rings (SSSR count). The largest absolute Gasteiger partial charge is 0.477 e. The number of carbonyl (C=O) groups is 1. The lowest BCUT2D eigenvalue weighted by Gasteiger charge is -2.51. The van der Waals surface area contributed by atoms with E-state index >= 15 is 0 Å². The van der Waals surface area contributed by atoms with Gasteiger partial charge in [-0.05, 0) is 75.0 Å². The number of aromatic nitrogens is 3. The Hall–Kier alpha value is -3.68. The van der Waals surface area contributed by atoms with Gasteiger partial charge in [0.25, 0.3) is 0 Å². The zero-order chi connectivity index (χ0) is 32.2. The van der Waals surface area contributed by atoms with Gasteiger partial charge in [-0.3, -0.25) is 4.98 Å². The average Bonchev–Trinajstić information content (AvgIpc) is 3.86. The monoisotopic (exact) mass is 671 g/mol. The lowest BCUT2D eigenvalue weighted by molar-refractivity contribution is -0.131. The molecule has 242 valence electrons. The second kappa shape index (κ2) is 12.1. The maximum atomic E-state index is 11.8. The number of nitrogens with one attached hydrogen (secondary N) is 1. The van der Waals surface area contributed by atoms with E-state index in [0.29, 0.717) is 33.8 Å². The standard InChI is InChI=1S/C36H35Cl2N5O4/c37-27-19-40-20-28(38)30(27)31-26(32(47-42-31)23-3-4-23)21-46-36-10-7-35(8-11-36,9-12-36)6-5-22-1-2-24-18-29(34(44)45)41-33(25(24)17-22)43-15-13-39-14-16-43/h1-2,17-20,23,39H,3-4,7-16,21H2,(H,44,45). The molecule has 2 bridgehead atoms. The van der Waals surface area contributed by atoms with Crippen molar-refractivity contribution in [2.24, 2.45) is 5.41 Å². The molecule has 0 radical (unpaired) electrons. The third-order valence-electron chi connectivity index (χ3n) is 10.5. The molecule has 4 heterocycles. The van der Waals surface area contributed by atoms with Crippen molar-refractivity contribution in [2.75, 3.05) is 31.1 Å². The van der Waals surface area contributed by atoms with Gasteiger partial charge in [-0.2, -0.15) is 0 Å². The number of nitrogens with zero attached hydrogens (tertiary/aromatic N) is 4.